The normalized spacial score (nSPS) is 12.0. The van der Waals surface area contributed by atoms with Crippen LogP contribution in [-0.2, 0) is 0 Å². The lowest BCUT2D eigenvalue weighted by molar-refractivity contribution is 0.599. The van der Waals surface area contributed by atoms with E-state index in [9.17, 15) is 0 Å². The number of amidine groups is 1. The number of hydrogen-bond acceptors (Lipinski definition) is 3. The fourth-order valence-corrected chi connectivity index (χ4v) is 1.45. The van der Waals surface area contributed by atoms with Gasteiger partial charge < -0.3 is 9.84 Å². The SMILES string of the molecule is CCN=C(NN)c1cc2ccccc2o1. The number of benzene rings is 1. The molecule has 0 aliphatic heterocycles. The highest BCUT2D eigenvalue weighted by Crippen LogP contribution is 2.18. The van der Waals surface area contributed by atoms with Gasteiger partial charge in [0.15, 0.2) is 11.6 Å². The molecule has 4 heteroatoms. The molecule has 0 atom stereocenters. The third-order valence-corrected chi connectivity index (χ3v) is 2.11. The van der Waals surface area contributed by atoms with Crippen molar-refractivity contribution < 1.29 is 4.42 Å². The maximum atomic E-state index is 5.60. The van der Waals surface area contributed by atoms with Crippen LogP contribution in [0.1, 0.15) is 12.7 Å². The fraction of sp³-hybridized carbons (Fsp3) is 0.182. The van der Waals surface area contributed by atoms with Gasteiger partial charge in [-0.2, -0.15) is 0 Å². The molecule has 0 saturated heterocycles. The molecule has 0 fully saturated rings. The molecule has 0 aliphatic carbocycles. The molecule has 1 aromatic carbocycles. The number of hydrogen-bond donors (Lipinski definition) is 2. The molecule has 0 saturated carbocycles. The Morgan fingerprint density at radius 2 is 2.27 bits per heavy atom. The minimum absolute atomic E-state index is 0.578. The topological polar surface area (TPSA) is 63.5 Å². The third-order valence-electron chi connectivity index (χ3n) is 2.11. The van der Waals surface area contributed by atoms with Gasteiger partial charge in [-0.05, 0) is 19.1 Å². The van der Waals surface area contributed by atoms with Crippen molar-refractivity contribution in [2.24, 2.45) is 10.8 Å². The Bertz CT molecular complexity index is 454. The highest BCUT2D eigenvalue weighted by molar-refractivity contribution is 5.99. The van der Waals surface area contributed by atoms with Gasteiger partial charge in [0.1, 0.15) is 5.58 Å². The van der Waals surface area contributed by atoms with Gasteiger partial charge in [-0.15, -0.1) is 0 Å². The van der Waals surface area contributed by atoms with E-state index in [0.29, 0.717) is 18.1 Å². The van der Waals surface area contributed by atoms with E-state index in [4.69, 9.17) is 10.3 Å². The summed E-state index contributed by atoms with van der Waals surface area (Å²) in [5.41, 5.74) is 3.38. The van der Waals surface area contributed by atoms with Crippen LogP contribution in [0.3, 0.4) is 0 Å². The molecular formula is C11H13N3O. The van der Waals surface area contributed by atoms with Crippen LogP contribution in [-0.4, -0.2) is 12.4 Å². The van der Waals surface area contributed by atoms with Crippen LogP contribution in [0.15, 0.2) is 39.7 Å². The van der Waals surface area contributed by atoms with Crippen molar-refractivity contribution in [1.29, 1.82) is 0 Å². The zero-order chi connectivity index (χ0) is 10.7. The number of hydrazine groups is 1. The Morgan fingerprint density at radius 1 is 1.47 bits per heavy atom. The van der Waals surface area contributed by atoms with Crippen molar-refractivity contribution in [2.45, 2.75) is 6.92 Å². The second-order valence-corrected chi connectivity index (χ2v) is 3.12. The maximum Gasteiger partial charge on any atom is 0.179 e. The van der Waals surface area contributed by atoms with Crippen LogP contribution in [0.25, 0.3) is 11.0 Å². The van der Waals surface area contributed by atoms with Crippen LogP contribution in [0.5, 0.6) is 0 Å². The second kappa shape index (κ2) is 4.14. The van der Waals surface area contributed by atoms with E-state index in [-0.39, 0.29) is 0 Å². The van der Waals surface area contributed by atoms with Gasteiger partial charge in [0, 0.05) is 11.9 Å². The average Bonchev–Trinajstić information content (AvgIpc) is 2.69. The minimum atomic E-state index is 0.578. The molecule has 0 spiro atoms. The number of fused-ring (bicyclic) bond motifs is 1. The lowest BCUT2D eigenvalue weighted by Crippen LogP contribution is -2.30. The van der Waals surface area contributed by atoms with E-state index in [1.54, 1.807) is 0 Å². The van der Waals surface area contributed by atoms with E-state index in [0.717, 1.165) is 11.0 Å². The average molecular weight is 203 g/mol. The Kier molecular flexibility index (Phi) is 2.69. The first-order valence-corrected chi connectivity index (χ1v) is 4.85. The first-order valence-electron chi connectivity index (χ1n) is 4.85. The summed E-state index contributed by atoms with van der Waals surface area (Å²) in [4.78, 5) is 4.19. The summed E-state index contributed by atoms with van der Waals surface area (Å²) in [7, 11) is 0. The summed E-state index contributed by atoms with van der Waals surface area (Å²) < 4.78 is 5.60. The molecule has 1 aromatic heterocycles. The maximum absolute atomic E-state index is 5.60. The first kappa shape index (κ1) is 9.73. The largest absolute Gasteiger partial charge is 0.453 e. The molecule has 3 N–H and O–H groups in total. The Balaban J connectivity index is 2.48. The monoisotopic (exact) mass is 203 g/mol. The van der Waals surface area contributed by atoms with Crippen LogP contribution in [0.2, 0.25) is 0 Å². The van der Waals surface area contributed by atoms with Gasteiger partial charge in [-0.25, -0.2) is 5.84 Å². The highest BCUT2D eigenvalue weighted by atomic mass is 16.3. The lowest BCUT2D eigenvalue weighted by atomic mass is 10.2. The molecular weight excluding hydrogens is 190 g/mol. The second-order valence-electron chi connectivity index (χ2n) is 3.12. The number of nitrogens with zero attached hydrogens (tertiary/aromatic N) is 1. The molecule has 0 aliphatic rings. The van der Waals surface area contributed by atoms with Crippen molar-refractivity contribution in [1.82, 2.24) is 5.43 Å². The van der Waals surface area contributed by atoms with Crippen molar-refractivity contribution >= 4 is 16.8 Å². The Morgan fingerprint density at radius 3 is 2.93 bits per heavy atom. The van der Waals surface area contributed by atoms with Gasteiger partial charge in [0.2, 0.25) is 0 Å². The quantitative estimate of drug-likeness (QED) is 0.338. The Hall–Kier alpha value is -1.81. The van der Waals surface area contributed by atoms with E-state index >= 15 is 0 Å². The summed E-state index contributed by atoms with van der Waals surface area (Å²) in [5, 5.41) is 1.05. The molecule has 1 heterocycles. The summed E-state index contributed by atoms with van der Waals surface area (Å²) in [6.45, 7) is 2.61. The van der Waals surface area contributed by atoms with Crippen LogP contribution < -0.4 is 11.3 Å². The van der Waals surface area contributed by atoms with Crippen molar-refractivity contribution in [3.05, 3.63) is 36.1 Å². The number of rotatable bonds is 2. The molecule has 0 radical (unpaired) electrons. The highest BCUT2D eigenvalue weighted by Gasteiger charge is 2.07. The predicted octanol–water partition coefficient (Wildman–Crippen LogP) is 1.66. The zero-order valence-corrected chi connectivity index (χ0v) is 8.53. The van der Waals surface area contributed by atoms with Gasteiger partial charge in [0.05, 0.1) is 0 Å². The minimum Gasteiger partial charge on any atom is -0.453 e. The lowest BCUT2D eigenvalue weighted by Gasteiger charge is -1.99. The molecule has 0 amide bonds. The van der Waals surface area contributed by atoms with Gasteiger partial charge in [-0.3, -0.25) is 4.99 Å². The summed E-state index contributed by atoms with van der Waals surface area (Å²) in [6.07, 6.45) is 0. The third kappa shape index (κ3) is 1.85. The van der Waals surface area contributed by atoms with Gasteiger partial charge >= 0.3 is 0 Å². The smallest absolute Gasteiger partial charge is 0.179 e. The molecule has 15 heavy (non-hydrogen) atoms. The van der Waals surface area contributed by atoms with Crippen molar-refractivity contribution in [3.8, 4) is 0 Å². The number of nitrogens with two attached hydrogens (primary N) is 1. The van der Waals surface area contributed by atoms with Crippen molar-refractivity contribution in [2.75, 3.05) is 6.54 Å². The number of furan rings is 1. The predicted molar refractivity (Wildman–Crippen MR) is 60.6 cm³/mol. The molecule has 0 bridgehead atoms. The van der Waals surface area contributed by atoms with E-state index in [1.807, 2.05) is 37.3 Å². The standard InChI is InChI=1S/C11H13N3O/c1-2-13-11(14-12)10-7-8-5-3-4-6-9(8)15-10/h3-7H,2,12H2,1H3,(H,13,14). The summed E-state index contributed by atoms with van der Waals surface area (Å²) >= 11 is 0. The van der Waals surface area contributed by atoms with E-state index in [1.165, 1.54) is 0 Å². The molecule has 78 valence electrons. The van der Waals surface area contributed by atoms with Crippen LogP contribution >= 0.6 is 0 Å². The zero-order valence-electron chi connectivity index (χ0n) is 8.53. The number of aliphatic imine (C=N–C) groups is 1. The van der Waals surface area contributed by atoms with E-state index in [2.05, 4.69) is 10.4 Å². The van der Waals surface area contributed by atoms with E-state index < -0.39 is 0 Å². The van der Waals surface area contributed by atoms with Crippen LogP contribution in [0, 0.1) is 0 Å². The first-order chi connectivity index (χ1) is 7.35. The molecule has 0 unspecified atom stereocenters. The van der Waals surface area contributed by atoms with Gasteiger partial charge in [-0.1, -0.05) is 18.2 Å². The Labute approximate surface area is 87.8 Å². The molecule has 2 aromatic rings. The number of nitrogens with one attached hydrogen (secondary N) is 1. The fourth-order valence-electron chi connectivity index (χ4n) is 1.45. The number of para-hydroxylation sites is 1. The van der Waals surface area contributed by atoms with Crippen LogP contribution in [0.4, 0.5) is 0 Å². The van der Waals surface area contributed by atoms with Gasteiger partial charge in [0.25, 0.3) is 0 Å². The van der Waals surface area contributed by atoms with Crippen molar-refractivity contribution in [3.63, 3.8) is 0 Å². The molecule has 2 rings (SSSR count). The molecule has 4 nitrogen and oxygen atoms in total. The summed E-state index contributed by atoms with van der Waals surface area (Å²) in [6, 6.07) is 9.72. The summed E-state index contributed by atoms with van der Waals surface area (Å²) in [5.74, 6) is 6.62.